The Morgan fingerprint density at radius 1 is 1.39 bits per heavy atom. The molecule has 1 aromatic rings. The van der Waals surface area contributed by atoms with E-state index in [1.807, 2.05) is 0 Å². The van der Waals surface area contributed by atoms with E-state index in [4.69, 9.17) is 4.74 Å². The number of allylic oxidation sites excluding steroid dienone is 2. The van der Waals surface area contributed by atoms with E-state index in [-0.39, 0.29) is 35.3 Å². The SMILES string of the molecule is Cn1c(O)cc(OC(=O)[C@H]2C[C@H]3C=C[C@@H]2C3)c1O. The van der Waals surface area contributed by atoms with Gasteiger partial charge < -0.3 is 14.9 Å². The van der Waals surface area contributed by atoms with E-state index in [0.29, 0.717) is 5.92 Å². The first-order valence-electron chi connectivity index (χ1n) is 6.04. The van der Waals surface area contributed by atoms with Crippen molar-refractivity contribution in [3.05, 3.63) is 18.2 Å². The van der Waals surface area contributed by atoms with Gasteiger partial charge in [-0.25, -0.2) is 0 Å². The number of esters is 1. The maximum Gasteiger partial charge on any atom is 0.315 e. The van der Waals surface area contributed by atoms with Gasteiger partial charge in [-0.2, -0.15) is 0 Å². The number of hydrogen-bond acceptors (Lipinski definition) is 4. The van der Waals surface area contributed by atoms with Crippen molar-refractivity contribution in [2.24, 2.45) is 24.8 Å². The molecule has 96 valence electrons. The molecule has 0 amide bonds. The predicted molar refractivity (Wildman–Crippen MR) is 63.2 cm³/mol. The Morgan fingerprint density at radius 2 is 2.17 bits per heavy atom. The third-order valence-electron chi connectivity index (χ3n) is 3.93. The van der Waals surface area contributed by atoms with E-state index in [1.165, 1.54) is 13.1 Å². The molecule has 2 aliphatic carbocycles. The minimum absolute atomic E-state index is 0.0201. The van der Waals surface area contributed by atoms with E-state index in [2.05, 4.69) is 12.2 Å². The van der Waals surface area contributed by atoms with Crippen LogP contribution in [0.3, 0.4) is 0 Å². The van der Waals surface area contributed by atoms with Gasteiger partial charge in [0.1, 0.15) is 0 Å². The van der Waals surface area contributed by atoms with E-state index < -0.39 is 0 Å². The maximum atomic E-state index is 12.0. The lowest BCUT2D eigenvalue weighted by molar-refractivity contribution is -0.139. The molecule has 0 aliphatic heterocycles. The monoisotopic (exact) mass is 249 g/mol. The molecule has 0 unspecified atom stereocenters. The average molecular weight is 249 g/mol. The van der Waals surface area contributed by atoms with Gasteiger partial charge in [-0.1, -0.05) is 12.2 Å². The average Bonchev–Trinajstić information content (AvgIpc) is 3.02. The van der Waals surface area contributed by atoms with E-state index in [0.717, 1.165) is 17.4 Å². The lowest BCUT2D eigenvalue weighted by atomic mass is 9.94. The van der Waals surface area contributed by atoms with Crippen LogP contribution >= 0.6 is 0 Å². The fourth-order valence-corrected chi connectivity index (χ4v) is 2.86. The number of aromatic hydroxyl groups is 2. The minimum Gasteiger partial charge on any atom is -0.494 e. The standard InChI is InChI=1S/C13H15NO4/c1-14-11(15)6-10(12(14)16)18-13(17)9-5-7-2-3-8(9)4-7/h2-3,6-9,15-16H,4-5H2,1H3/t7-,8+,9-/m0/s1. The zero-order valence-corrected chi connectivity index (χ0v) is 10.0. The molecule has 1 heterocycles. The van der Waals surface area contributed by atoms with Crippen molar-refractivity contribution >= 4 is 5.97 Å². The number of aromatic nitrogens is 1. The van der Waals surface area contributed by atoms with Crippen LogP contribution in [0.5, 0.6) is 17.5 Å². The van der Waals surface area contributed by atoms with Crippen LogP contribution in [0.4, 0.5) is 0 Å². The van der Waals surface area contributed by atoms with Gasteiger partial charge in [-0.05, 0) is 24.7 Å². The molecule has 2 aliphatic rings. The summed E-state index contributed by atoms with van der Waals surface area (Å²) in [5, 5.41) is 19.1. The molecule has 5 nitrogen and oxygen atoms in total. The Labute approximate surface area is 104 Å². The number of ether oxygens (including phenoxy) is 1. The van der Waals surface area contributed by atoms with Gasteiger partial charge in [0.2, 0.25) is 5.88 Å². The Kier molecular flexibility index (Phi) is 2.36. The second-order valence-corrected chi connectivity index (χ2v) is 5.06. The highest BCUT2D eigenvalue weighted by molar-refractivity contribution is 5.77. The first kappa shape index (κ1) is 11.2. The van der Waals surface area contributed by atoms with Crippen LogP contribution in [0.1, 0.15) is 12.8 Å². The molecule has 3 atom stereocenters. The summed E-state index contributed by atoms with van der Waals surface area (Å²) in [6.45, 7) is 0. The van der Waals surface area contributed by atoms with Crippen molar-refractivity contribution in [2.75, 3.05) is 0 Å². The van der Waals surface area contributed by atoms with E-state index in [1.54, 1.807) is 0 Å². The molecule has 2 N–H and O–H groups in total. The molecular weight excluding hydrogens is 234 g/mol. The first-order chi connectivity index (χ1) is 8.56. The summed E-state index contributed by atoms with van der Waals surface area (Å²) in [6, 6.07) is 1.25. The van der Waals surface area contributed by atoms with E-state index in [9.17, 15) is 15.0 Å². The zero-order valence-electron chi connectivity index (χ0n) is 10.0. The number of fused-ring (bicyclic) bond motifs is 2. The fourth-order valence-electron chi connectivity index (χ4n) is 2.86. The highest BCUT2D eigenvalue weighted by Crippen LogP contribution is 2.44. The largest absolute Gasteiger partial charge is 0.494 e. The number of carbonyl (C=O) groups excluding carboxylic acids is 1. The normalized spacial score (nSPS) is 28.8. The van der Waals surface area contributed by atoms with Crippen molar-refractivity contribution in [2.45, 2.75) is 12.8 Å². The van der Waals surface area contributed by atoms with Gasteiger partial charge in [0, 0.05) is 13.1 Å². The molecule has 1 saturated carbocycles. The Hall–Kier alpha value is -1.91. The van der Waals surface area contributed by atoms with Crippen LogP contribution in [0.15, 0.2) is 18.2 Å². The Morgan fingerprint density at radius 3 is 2.67 bits per heavy atom. The van der Waals surface area contributed by atoms with Gasteiger partial charge in [-0.3, -0.25) is 9.36 Å². The highest BCUT2D eigenvalue weighted by atomic mass is 16.5. The molecule has 0 saturated heterocycles. The lowest BCUT2D eigenvalue weighted by Crippen LogP contribution is -2.23. The minimum atomic E-state index is -0.326. The molecule has 0 spiro atoms. The molecule has 1 aromatic heterocycles. The lowest BCUT2D eigenvalue weighted by Gasteiger charge is -2.15. The molecule has 2 bridgehead atoms. The van der Waals surface area contributed by atoms with Gasteiger partial charge in [0.05, 0.1) is 5.92 Å². The topological polar surface area (TPSA) is 71.7 Å². The summed E-state index contributed by atoms with van der Waals surface area (Å²) >= 11 is 0. The number of rotatable bonds is 2. The predicted octanol–water partition coefficient (Wildman–Crippen LogP) is 1.55. The fraction of sp³-hybridized carbons (Fsp3) is 0.462. The summed E-state index contributed by atoms with van der Waals surface area (Å²) in [5.74, 6) is -0.0452. The molecular formula is C13H15NO4. The van der Waals surface area contributed by atoms with Crippen LogP contribution in [0, 0.1) is 17.8 Å². The van der Waals surface area contributed by atoms with Gasteiger partial charge >= 0.3 is 5.97 Å². The molecule has 1 fully saturated rings. The van der Waals surface area contributed by atoms with Crippen molar-refractivity contribution in [1.29, 1.82) is 0 Å². The molecule has 0 radical (unpaired) electrons. The third-order valence-corrected chi connectivity index (χ3v) is 3.93. The summed E-state index contributed by atoms with van der Waals surface area (Å²) in [7, 11) is 1.49. The van der Waals surface area contributed by atoms with Gasteiger partial charge in [0.25, 0.3) is 0 Å². The molecule has 3 rings (SSSR count). The van der Waals surface area contributed by atoms with Crippen LogP contribution in [0.2, 0.25) is 0 Å². The van der Waals surface area contributed by atoms with Gasteiger partial charge in [-0.15, -0.1) is 0 Å². The molecule has 5 heteroatoms. The van der Waals surface area contributed by atoms with Crippen molar-refractivity contribution in [1.82, 2.24) is 4.57 Å². The second-order valence-electron chi connectivity index (χ2n) is 5.06. The maximum absolute atomic E-state index is 12.0. The summed E-state index contributed by atoms with van der Waals surface area (Å²) in [4.78, 5) is 12.0. The first-order valence-corrected chi connectivity index (χ1v) is 6.04. The molecule has 18 heavy (non-hydrogen) atoms. The second kappa shape index (κ2) is 3.80. The molecule has 0 aromatic carbocycles. The van der Waals surface area contributed by atoms with Crippen molar-refractivity contribution < 1.29 is 19.7 Å². The van der Waals surface area contributed by atoms with Crippen LogP contribution in [-0.2, 0) is 11.8 Å². The number of hydrogen-bond donors (Lipinski definition) is 2. The zero-order chi connectivity index (χ0) is 12.9. The summed E-state index contributed by atoms with van der Waals surface area (Å²) in [5.41, 5.74) is 0. The van der Waals surface area contributed by atoms with Crippen molar-refractivity contribution in [3.63, 3.8) is 0 Å². The van der Waals surface area contributed by atoms with Crippen LogP contribution in [-0.4, -0.2) is 20.7 Å². The van der Waals surface area contributed by atoms with Gasteiger partial charge in [0.15, 0.2) is 11.6 Å². The number of nitrogens with zero attached hydrogens (tertiary/aromatic N) is 1. The van der Waals surface area contributed by atoms with E-state index >= 15 is 0 Å². The Balaban J connectivity index is 1.75. The summed E-state index contributed by atoms with van der Waals surface area (Å²) in [6.07, 6.45) is 6.06. The Bertz CT molecular complexity index is 531. The summed E-state index contributed by atoms with van der Waals surface area (Å²) < 4.78 is 6.34. The number of carbonyl (C=O) groups is 1. The third kappa shape index (κ3) is 1.58. The van der Waals surface area contributed by atoms with Crippen LogP contribution in [0.25, 0.3) is 0 Å². The van der Waals surface area contributed by atoms with Crippen molar-refractivity contribution in [3.8, 4) is 17.5 Å². The highest BCUT2D eigenvalue weighted by Gasteiger charge is 2.41. The smallest absolute Gasteiger partial charge is 0.315 e. The quantitative estimate of drug-likeness (QED) is 0.616. The van der Waals surface area contributed by atoms with Crippen LogP contribution < -0.4 is 4.74 Å².